The van der Waals surface area contributed by atoms with Crippen LogP contribution in [-0.4, -0.2) is 42.3 Å². The molecule has 0 atom stereocenters. The van der Waals surface area contributed by atoms with Crippen LogP contribution in [0.25, 0.3) is 0 Å². The molecule has 1 fully saturated rings. The molecule has 0 bridgehead atoms. The molecule has 0 aromatic carbocycles. The second-order valence-corrected chi connectivity index (χ2v) is 5.41. The van der Waals surface area contributed by atoms with Crippen LogP contribution in [0.2, 0.25) is 0 Å². The van der Waals surface area contributed by atoms with Crippen molar-refractivity contribution in [2.24, 2.45) is 17.6 Å². The van der Waals surface area contributed by atoms with Crippen molar-refractivity contribution in [1.82, 2.24) is 10.2 Å². The number of nitrogens with two attached hydrogens (primary N) is 1. The maximum Gasteiger partial charge on any atom is 0.311 e. The highest BCUT2D eigenvalue weighted by molar-refractivity contribution is 6.35. The monoisotopic (exact) mass is 269 g/mol. The maximum atomic E-state index is 11.8. The second kappa shape index (κ2) is 7.11. The highest BCUT2D eigenvalue weighted by atomic mass is 16.2. The Morgan fingerprint density at radius 3 is 2.32 bits per heavy atom. The van der Waals surface area contributed by atoms with Gasteiger partial charge in [0.25, 0.3) is 0 Å². The molecule has 1 heterocycles. The first-order chi connectivity index (χ1) is 8.91. The minimum absolute atomic E-state index is 0.173. The van der Waals surface area contributed by atoms with Crippen LogP contribution >= 0.6 is 0 Å². The Morgan fingerprint density at radius 1 is 1.26 bits per heavy atom. The third kappa shape index (κ3) is 4.89. The Labute approximate surface area is 113 Å². The van der Waals surface area contributed by atoms with Crippen molar-refractivity contribution >= 4 is 17.7 Å². The number of primary amides is 1. The summed E-state index contributed by atoms with van der Waals surface area (Å²) in [6.45, 7) is 5.47. The van der Waals surface area contributed by atoms with E-state index in [0.717, 1.165) is 6.42 Å². The minimum Gasteiger partial charge on any atom is -0.369 e. The van der Waals surface area contributed by atoms with Crippen LogP contribution in [0, 0.1) is 11.8 Å². The standard InChI is InChI=1S/C13H23N3O3/c1-9(2)3-6-15-12(18)13(19)16-7-4-10(5-8-16)11(14)17/h9-10H,3-8H2,1-2H3,(H2,14,17)(H,15,18). The fourth-order valence-corrected chi connectivity index (χ4v) is 2.06. The zero-order valence-corrected chi connectivity index (χ0v) is 11.6. The first-order valence-electron chi connectivity index (χ1n) is 6.78. The van der Waals surface area contributed by atoms with Crippen LogP contribution in [0.15, 0.2) is 0 Å². The van der Waals surface area contributed by atoms with Crippen molar-refractivity contribution in [1.29, 1.82) is 0 Å². The second-order valence-electron chi connectivity index (χ2n) is 5.41. The van der Waals surface area contributed by atoms with Gasteiger partial charge in [0.05, 0.1) is 0 Å². The third-order valence-corrected chi connectivity index (χ3v) is 3.39. The summed E-state index contributed by atoms with van der Waals surface area (Å²) in [7, 11) is 0. The van der Waals surface area contributed by atoms with Crippen LogP contribution in [-0.2, 0) is 14.4 Å². The molecule has 108 valence electrons. The smallest absolute Gasteiger partial charge is 0.311 e. The Kier molecular flexibility index (Phi) is 5.79. The van der Waals surface area contributed by atoms with Crippen LogP contribution in [0.3, 0.4) is 0 Å². The molecule has 6 nitrogen and oxygen atoms in total. The van der Waals surface area contributed by atoms with Gasteiger partial charge in [-0.05, 0) is 25.2 Å². The normalized spacial score (nSPS) is 16.5. The molecule has 0 unspecified atom stereocenters. The van der Waals surface area contributed by atoms with Crippen LogP contribution in [0.4, 0.5) is 0 Å². The first-order valence-corrected chi connectivity index (χ1v) is 6.78. The van der Waals surface area contributed by atoms with Crippen molar-refractivity contribution in [3.05, 3.63) is 0 Å². The van der Waals surface area contributed by atoms with Crippen molar-refractivity contribution in [3.63, 3.8) is 0 Å². The van der Waals surface area contributed by atoms with Gasteiger partial charge >= 0.3 is 11.8 Å². The lowest BCUT2D eigenvalue weighted by atomic mass is 9.96. The molecule has 3 amide bonds. The zero-order valence-electron chi connectivity index (χ0n) is 11.6. The number of likely N-dealkylation sites (tertiary alicyclic amines) is 1. The summed E-state index contributed by atoms with van der Waals surface area (Å²) in [4.78, 5) is 36.0. The van der Waals surface area contributed by atoms with Crippen molar-refractivity contribution in [3.8, 4) is 0 Å². The number of hydrogen-bond donors (Lipinski definition) is 2. The van der Waals surface area contributed by atoms with Gasteiger partial charge < -0.3 is 16.0 Å². The molecule has 1 rings (SSSR count). The third-order valence-electron chi connectivity index (χ3n) is 3.39. The largest absolute Gasteiger partial charge is 0.369 e. The van der Waals surface area contributed by atoms with E-state index in [1.807, 2.05) is 0 Å². The van der Waals surface area contributed by atoms with E-state index in [2.05, 4.69) is 19.2 Å². The number of piperidine rings is 1. The number of nitrogens with one attached hydrogen (secondary N) is 1. The molecule has 0 radical (unpaired) electrons. The molecule has 1 aliphatic heterocycles. The fourth-order valence-electron chi connectivity index (χ4n) is 2.06. The van der Waals surface area contributed by atoms with Gasteiger partial charge in [0.1, 0.15) is 0 Å². The number of nitrogens with zero attached hydrogens (tertiary/aromatic N) is 1. The maximum absolute atomic E-state index is 11.8. The average molecular weight is 269 g/mol. The molecule has 3 N–H and O–H groups in total. The Hall–Kier alpha value is -1.59. The Bertz CT molecular complexity index is 347. The molecule has 0 aliphatic carbocycles. The van der Waals surface area contributed by atoms with Gasteiger partial charge in [-0.3, -0.25) is 14.4 Å². The van der Waals surface area contributed by atoms with Crippen LogP contribution in [0.1, 0.15) is 33.1 Å². The van der Waals surface area contributed by atoms with E-state index in [0.29, 0.717) is 38.4 Å². The summed E-state index contributed by atoms with van der Waals surface area (Å²) in [6, 6.07) is 0. The summed E-state index contributed by atoms with van der Waals surface area (Å²) in [5.41, 5.74) is 5.22. The van der Waals surface area contributed by atoms with Gasteiger partial charge in [0.15, 0.2) is 0 Å². The predicted molar refractivity (Wildman–Crippen MR) is 71.0 cm³/mol. The van der Waals surface area contributed by atoms with E-state index in [1.54, 1.807) is 0 Å². The molecule has 19 heavy (non-hydrogen) atoms. The minimum atomic E-state index is -0.557. The van der Waals surface area contributed by atoms with Crippen molar-refractivity contribution in [2.75, 3.05) is 19.6 Å². The lowest BCUT2D eigenvalue weighted by Gasteiger charge is -2.29. The molecule has 1 saturated heterocycles. The SMILES string of the molecule is CC(C)CCNC(=O)C(=O)N1CCC(C(N)=O)CC1. The molecule has 6 heteroatoms. The first kappa shape index (κ1) is 15.5. The summed E-state index contributed by atoms with van der Waals surface area (Å²) in [5.74, 6) is -1.08. The van der Waals surface area contributed by atoms with Crippen LogP contribution in [0.5, 0.6) is 0 Å². The van der Waals surface area contributed by atoms with Gasteiger partial charge in [-0.25, -0.2) is 0 Å². The average Bonchev–Trinajstić information content (AvgIpc) is 2.37. The van der Waals surface area contributed by atoms with Gasteiger partial charge in [0, 0.05) is 25.6 Å². The van der Waals surface area contributed by atoms with Crippen molar-refractivity contribution < 1.29 is 14.4 Å². The number of carbonyl (C=O) groups excluding carboxylic acids is 3. The number of amides is 3. The van der Waals surface area contributed by atoms with E-state index < -0.39 is 11.8 Å². The molecular formula is C13H23N3O3. The summed E-state index contributed by atoms with van der Waals surface area (Å²) < 4.78 is 0. The summed E-state index contributed by atoms with van der Waals surface area (Å²) in [6.07, 6.45) is 1.93. The Balaban J connectivity index is 2.34. The lowest BCUT2D eigenvalue weighted by molar-refractivity contribution is -0.147. The van der Waals surface area contributed by atoms with Crippen LogP contribution < -0.4 is 11.1 Å². The zero-order chi connectivity index (χ0) is 14.4. The predicted octanol–water partition coefficient (Wildman–Crippen LogP) is -0.127. The molecule has 0 saturated carbocycles. The highest BCUT2D eigenvalue weighted by Gasteiger charge is 2.28. The summed E-state index contributed by atoms with van der Waals surface area (Å²) >= 11 is 0. The lowest BCUT2D eigenvalue weighted by Crippen LogP contribution is -2.48. The van der Waals surface area contributed by atoms with Gasteiger partial charge in [-0.15, -0.1) is 0 Å². The van der Waals surface area contributed by atoms with Crippen molar-refractivity contribution in [2.45, 2.75) is 33.1 Å². The number of hydrogen-bond acceptors (Lipinski definition) is 3. The molecule has 0 spiro atoms. The fraction of sp³-hybridized carbons (Fsp3) is 0.769. The van der Waals surface area contributed by atoms with E-state index >= 15 is 0 Å². The summed E-state index contributed by atoms with van der Waals surface area (Å²) in [5, 5.41) is 2.62. The molecule has 0 aromatic rings. The quantitative estimate of drug-likeness (QED) is 0.696. The molecule has 1 aliphatic rings. The topological polar surface area (TPSA) is 92.5 Å². The van der Waals surface area contributed by atoms with Gasteiger partial charge in [-0.1, -0.05) is 13.8 Å². The molecular weight excluding hydrogens is 246 g/mol. The molecule has 0 aromatic heterocycles. The van der Waals surface area contributed by atoms with E-state index in [1.165, 1.54) is 4.90 Å². The van der Waals surface area contributed by atoms with Gasteiger partial charge in [-0.2, -0.15) is 0 Å². The number of rotatable bonds is 4. The van der Waals surface area contributed by atoms with Gasteiger partial charge in [0.2, 0.25) is 5.91 Å². The Morgan fingerprint density at radius 2 is 1.84 bits per heavy atom. The number of carbonyl (C=O) groups is 3. The van der Waals surface area contributed by atoms with E-state index in [9.17, 15) is 14.4 Å². The highest BCUT2D eigenvalue weighted by Crippen LogP contribution is 2.16. The van der Waals surface area contributed by atoms with E-state index in [4.69, 9.17) is 5.73 Å². The van der Waals surface area contributed by atoms with E-state index in [-0.39, 0.29) is 11.8 Å².